The summed E-state index contributed by atoms with van der Waals surface area (Å²) in [6.07, 6.45) is 3.36. The molecule has 1 amide bonds. The maximum atomic E-state index is 12.9. The Hall–Kier alpha value is -4.71. The summed E-state index contributed by atoms with van der Waals surface area (Å²) in [6, 6.07) is 23.8. The maximum Gasteiger partial charge on any atom is 0.248 e. The van der Waals surface area contributed by atoms with Crippen molar-refractivity contribution in [1.82, 2.24) is 0 Å². The van der Waals surface area contributed by atoms with Gasteiger partial charge in [0.25, 0.3) is 0 Å². The Balaban J connectivity index is 1.38. The molecule has 6 rings (SSSR count). The molecule has 0 saturated heterocycles. The van der Waals surface area contributed by atoms with Crippen LogP contribution in [0.4, 0.5) is 5.69 Å². The summed E-state index contributed by atoms with van der Waals surface area (Å²) >= 11 is 0. The van der Waals surface area contributed by atoms with Gasteiger partial charge in [0, 0.05) is 40.4 Å². The lowest BCUT2D eigenvalue weighted by Gasteiger charge is -2.12. The molecule has 1 aromatic heterocycles. The summed E-state index contributed by atoms with van der Waals surface area (Å²) < 4.78 is 22.7. The van der Waals surface area contributed by atoms with Crippen molar-refractivity contribution in [3.8, 4) is 28.4 Å². The third-order valence-electron chi connectivity index (χ3n) is 6.47. The standard InChI is InChI=1S/C31H25NO5/c1-3-34-28-16-29-25(26(17-35-29)23-10-6-8-20-7-4-5-9-22(20)23)15-24(28)19(2)13-31(33)32-21-11-12-27-30(14-21)37-18-36-27/h4-17H,3,18H2,1-2H3,(H,32,33)/b19-13+. The molecule has 0 fully saturated rings. The van der Waals surface area contributed by atoms with Crippen molar-refractivity contribution in [3.05, 3.63) is 90.7 Å². The number of carbonyl (C=O) groups excluding carboxylic acids is 1. The van der Waals surface area contributed by atoms with Crippen LogP contribution in [0.1, 0.15) is 19.4 Å². The van der Waals surface area contributed by atoms with Gasteiger partial charge in [0.15, 0.2) is 11.5 Å². The quantitative estimate of drug-likeness (QED) is 0.250. The molecule has 184 valence electrons. The number of amides is 1. The SMILES string of the molecule is CCOc1cc2occ(-c3cccc4ccccc34)c2cc1/C(C)=C/C(=O)Nc1ccc2c(c1)OCO2. The smallest absolute Gasteiger partial charge is 0.248 e. The zero-order valence-electron chi connectivity index (χ0n) is 20.5. The predicted molar refractivity (Wildman–Crippen MR) is 145 cm³/mol. The number of ether oxygens (including phenoxy) is 3. The first kappa shape index (κ1) is 22.7. The van der Waals surface area contributed by atoms with E-state index in [1.807, 2.05) is 38.1 Å². The van der Waals surface area contributed by atoms with Gasteiger partial charge in [-0.15, -0.1) is 0 Å². The van der Waals surface area contributed by atoms with Crippen molar-refractivity contribution in [2.45, 2.75) is 13.8 Å². The maximum absolute atomic E-state index is 12.9. The molecule has 1 aliphatic rings. The number of nitrogens with one attached hydrogen (secondary N) is 1. The van der Waals surface area contributed by atoms with Gasteiger partial charge in [0.05, 0.1) is 12.9 Å². The van der Waals surface area contributed by atoms with E-state index in [-0.39, 0.29) is 12.7 Å². The van der Waals surface area contributed by atoms with E-state index in [2.05, 4.69) is 35.6 Å². The number of fused-ring (bicyclic) bond motifs is 3. The first-order valence-corrected chi connectivity index (χ1v) is 12.2. The second-order valence-electron chi connectivity index (χ2n) is 8.84. The van der Waals surface area contributed by atoms with E-state index in [1.165, 1.54) is 0 Å². The van der Waals surface area contributed by atoms with Crippen LogP contribution < -0.4 is 19.5 Å². The Labute approximate surface area is 214 Å². The summed E-state index contributed by atoms with van der Waals surface area (Å²) in [4.78, 5) is 12.9. The van der Waals surface area contributed by atoms with E-state index in [1.54, 1.807) is 30.5 Å². The molecule has 0 radical (unpaired) electrons. The van der Waals surface area contributed by atoms with Crippen molar-refractivity contribution >= 4 is 38.9 Å². The molecular formula is C31H25NO5. The average molecular weight is 492 g/mol. The molecule has 1 N–H and O–H groups in total. The largest absolute Gasteiger partial charge is 0.493 e. The van der Waals surface area contributed by atoms with Gasteiger partial charge in [-0.3, -0.25) is 4.79 Å². The molecule has 0 atom stereocenters. The number of hydrogen-bond acceptors (Lipinski definition) is 5. The van der Waals surface area contributed by atoms with Crippen molar-refractivity contribution in [1.29, 1.82) is 0 Å². The summed E-state index contributed by atoms with van der Waals surface area (Å²) in [5.74, 6) is 1.70. The third kappa shape index (κ3) is 4.27. The lowest BCUT2D eigenvalue weighted by atomic mass is 9.96. The number of anilines is 1. The molecule has 6 heteroatoms. The van der Waals surface area contributed by atoms with Crippen molar-refractivity contribution in [3.63, 3.8) is 0 Å². The van der Waals surface area contributed by atoms with Crippen LogP contribution in [-0.4, -0.2) is 19.3 Å². The van der Waals surface area contributed by atoms with Gasteiger partial charge in [-0.1, -0.05) is 42.5 Å². The van der Waals surface area contributed by atoms with Crippen LogP contribution in [0, 0.1) is 0 Å². The molecule has 0 unspecified atom stereocenters. The van der Waals surface area contributed by atoms with E-state index in [9.17, 15) is 4.79 Å². The summed E-state index contributed by atoms with van der Waals surface area (Å²) in [7, 11) is 0. The minimum atomic E-state index is -0.250. The third-order valence-corrected chi connectivity index (χ3v) is 6.47. The molecular weight excluding hydrogens is 466 g/mol. The van der Waals surface area contributed by atoms with Crippen LogP contribution in [0.2, 0.25) is 0 Å². The average Bonchev–Trinajstić information content (AvgIpc) is 3.54. The highest BCUT2D eigenvalue weighted by Gasteiger charge is 2.17. The minimum Gasteiger partial charge on any atom is -0.493 e. The molecule has 5 aromatic rings. The van der Waals surface area contributed by atoms with E-state index in [0.29, 0.717) is 29.5 Å². The Morgan fingerprint density at radius 2 is 1.78 bits per heavy atom. The minimum absolute atomic E-state index is 0.184. The molecule has 0 aliphatic carbocycles. The lowest BCUT2D eigenvalue weighted by molar-refractivity contribution is -0.111. The Morgan fingerprint density at radius 3 is 2.68 bits per heavy atom. The van der Waals surface area contributed by atoms with Crippen molar-refractivity contribution < 1.29 is 23.4 Å². The van der Waals surface area contributed by atoms with Crippen LogP contribution >= 0.6 is 0 Å². The molecule has 6 nitrogen and oxygen atoms in total. The summed E-state index contributed by atoms with van der Waals surface area (Å²) in [6.45, 7) is 4.51. The van der Waals surface area contributed by atoms with E-state index >= 15 is 0 Å². The molecule has 0 bridgehead atoms. The Kier molecular flexibility index (Phi) is 5.77. The van der Waals surface area contributed by atoms with Crippen LogP contribution in [-0.2, 0) is 4.79 Å². The fraction of sp³-hybridized carbons (Fsp3) is 0.129. The molecule has 4 aromatic carbocycles. The van der Waals surface area contributed by atoms with Gasteiger partial charge >= 0.3 is 0 Å². The normalized spacial score (nSPS) is 12.8. The number of carbonyl (C=O) groups is 1. The molecule has 0 spiro atoms. The summed E-state index contributed by atoms with van der Waals surface area (Å²) in [5.41, 5.74) is 5.05. The van der Waals surface area contributed by atoms with E-state index < -0.39 is 0 Å². The lowest BCUT2D eigenvalue weighted by Crippen LogP contribution is -2.08. The van der Waals surface area contributed by atoms with Gasteiger partial charge in [-0.25, -0.2) is 0 Å². The monoisotopic (exact) mass is 491 g/mol. The topological polar surface area (TPSA) is 69.9 Å². The zero-order valence-corrected chi connectivity index (χ0v) is 20.5. The van der Waals surface area contributed by atoms with Gasteiger partial charge in [-0.2, -0.15) is 0 Å². The predicted octanol–water partition coefficient (Wildman–Crippen LogP) is 7.42. The van der Waals surface area contributed by atoms with Crippen molar-refractivity contribution in [2.75, 3.05) is 18.7 Å². The zero-order chi connectivity index (χ0) is 25.4. The molecule has 1 aliphatic heterocycles. The van der Waals surface area contributed by atoms with Gasteiger partial charge in [0.2, 0.25) is 12.7 Å². The van der Waals surface area contributed by atoms with Gasteiger partial charge < -0.3 is 23.9 Å². The number of benzene rings is 4. The van der Waals surface area contributed by atoms with Gasteiger partial charge in [-0.05, 0) is 54.0 Å². The van der Waals surface area contributed by atoms with Crippen LogP contribution in [0.15, 0.2) is 89.6 Å². The van der Waals surface area contributed by atoms with Crippen LogP contribution in [0.3, 0.4) is 0 Å². The number of allylic oxidation sites excluding steroid dienone is 1. The fourth-order valence-electron chi connectivity index (χ4n) is 4.73. The highest BCUT2D eigenvalue weighted by molar-refractivity contribution is 6.07. The van der Waals surface area contributed by atoms with Gasteiger partial charge in [0.1, 0.15) is 11.3 Å². The first-order chi connectivity index (χ1) is 18.1. The fourth-order valence-corrected chi connectivity index (χ4v) is 4.73. The second-order valence-corrected chi connectivity index (χ2v) is 8.84. The number of hydrogen-bond donors (Lipinski definition) is 1. The van der Waals surface area contributed by atoms with Crippen molar-refractivity contribution in [2.24, 2.45) is 0 Å². The molecule has 0 saturated carbocycles. The highest BCUT2D eigenvalue weighted by atomic mass is 16.7. The van der Waals surface area contributed by atoms with E-state index in [0.717, 1.165) is 44.0 Å². The van der Waals surface area contributed by atoms with Crippen LogP contribution in [0.5, 0.6) is 17.2 Å². The summed E-state index contributed by atoms with van der Waals surface area (Å²) in [5, 5.41) is 6.18. The van der Waals surface area contributed by atoms with Crippen LogP contribution in [0.25, 0.3) is 38.4 Å². The molecule has 37 heavy (non-hydrogen) atoms. The first-order valence-electron chi connectivity index (χ1n) is 12.2. The highest BCUT2D eigenvalue weighted by Crippen LogP contribution is 2.40. The molecule has 2 heterocycles. The second kappa shape index (κ2) is 9.39. The Bertz CT molecular complexity index is 1680. The number of furan rings is 1. The number of rotatable bonds is 6. The Morgan fingerprint density at radius 1 is 0.946 bits per heavy atom. The van der Waals surface area contributed by atoms with E-state index in [4.69, 9.17) is 18.6 Å².